The second kappa shape index (κ2) is 5.09. The van der Waals surface area contributed by atoms with Gasteiger partial charge in [-0.25, -0.2) is 4.98 Å². The normalized spacial score (nSPS) is 24.6. The van der Waals surface area contributed by atoms with E-state index in [1.54, 1.807) is 0 Å². The van der Waals surface area contributed by atoms with Gasteiger partial charge in [0, 0.05) is 31.9 Å². The van der Waals surface area contributed by atoms with Crippen molar-refractivity contribution in [3.05, 3.63) is 11.9 Å². The van der Waals surface area contributed by atoms with Gasteiger partial charge in [0.05, 0.1) is 5.60 Å². The fourth-order valence-corrected chi connectivity index (χ4v) is 2.90. The number of aryl methyl sites for hydroxylation is 1. The van der Waals surface area contributed by atoms with Crippen LogP contribution in [0.2, 0.25) is 0 Å². The SMILES string of the molecule is CC1(C)CC(NC(=O)c2cn3c(n2)NCCC3)CCO1. The largest absolute Gasteiger partial charge is 0.375 e. The summed E-state index contributed by atoms with van der Waals surface area (Å²) in [6.45, 7) is 6.66. The Hall–Kier alpha value is -1.56. The zero-order chi connectivity index (χ0) is 14.2. The zero-order valence-electron chi connectivity index (χ0n) is 12.1. The van der Waals surface area contributed by atoms with Crippen molar-refractivity contribution < 1.29 is 9.53 Å². The van der Waals surface area contributed by atoms with Gasteiger partial charge in [-0.3, -0.25) is 4.79 Å². The molecule has 0 spiro atoms. The van der Waals surface area contributed by atoms with Gasteiger partial charge in [-0.1, -0.05) is 0 Å². The second-order valence-corrected chi connectivity index (χ2v) is 6.19. The van der Waals surface area contributed by atoms with E-state index in [-0.39, 0.29) is 17.6 Å². The lowest BCUT2D eigenvalue weighted by Gasteiger charge is -2.35. The molecule has 0 bridgehead atoms. The molecule has 1 atom stereocenters. The number of carbonyl (C=O) groups excluding carboxylic acids is 1. The van der Waals surface area contributed by atoms with Crippen molar-refractivity contribution in [1.29, 1.82) is 0 Å². The third-order valence-electron chi connectivity index (χ3n) is 3.90. The Morgan fingerprint density at radius 2 is 2.45 bits per heavy atom. The Labute approximate surface area is 118 Å². The van der Waals surface area contributed by atoms with Crippen molar-refractivity contribution in [2.75, 3.05) is 18.5 Å². The van der Waals surface area contributed by atoms with E-state index in [9.17, 15) is 4.79 Å². The number of carbonyl (C=O) groups is 1. The average molecular weight is 278 g/mol. The maximum Gasteiger partial charge on any atom is 0.271 e. The number of nitrogens with zero attached hydrogens (tertiary/aromatic N) is 2. The highest BCUT2D eigenvalue weighted by Gasteiger charge is 2.30. The summed E-state index contributed by atoms with van der Waals surface area (Å²) in [5.74, 6) is 0.713. The summed E-state index contributed by atoms with van der Waals surface area (Å²) >= 11 is 0. The molecule has 0 aliphatic carbocycles. The minimum atomic E-state index is -0.162. The standard InChI is InChI=1S/C14H22N4O2/c1-14(2)8-10(4-7-20-14)16-12(19)11-9-18-6-3-5-15-13(18)17-11/h9-10H,3-8H2,1-2H3,(H,15,17)(H,16,19). The van der Waals surface area contributed by atoms with Gasteiger partial charge in [0.2, 0.25) is 5.95 Å². The topological polar surface area (TPSA) is 68.2 Å². The maximum absolute atomic E-state index is 12.3. The molecule has 0 saturated carbocycles. The van der Waals surface area contributed by atoms with E-state index >= 15 is 0 Å². The molecule has 0 radical (unpaired) electrons. The summed E-state index contributed by atoms with van der Waals surface area (Å²) in [4.78, 5) is 16.6. The van der Waals surface area contributed by atoms with E-state index in [4.69, 9.17) is 4.74 Å². The van der Waals surface area contributed by atoms with Crippen LogP contribution in [-0.4, -0.2) is 40.3 Å². The lowest BCUT2D eigenvalue weighted by atomic mass is 9.94. The van der Waals surface area contributed by atoms with Crippen molar-refractivity contribution >= 4 is 11.9 Å². The van der Waals surface area contributed by atoms with Gasteiger partial charge >= 0.3 is 0 Å². The maximum atomic E-state index is 12.3. The van der Waals surface area contributed by atoms with Gasteiger partial charge in [0.15, 0.2) is 0 Å². The molecule has 110 valence electrons. The molecule has 1 saturated heterocycles. The van der Waals surface area contributed by atoms with Gasteiger partial charge in [-0.15, -0.1) is 0 Å². The van der Waals surface area contributed by atoms with Crippen LogP contribution in [0.15, 0.2) is 6.20 Å². The van der Waals surface area contributed by atoms with Crippen LogP contribution < -0.4 is 10.6 Å². The number of ether oxygens (including phenoxy) is 1. The van der Waals surface area contributed by atoms with Crippen LogP contribution in [0.3, 0.4) is 0 Å². The lowest BCUT2D eigenvalue weighted by molar-refractivity contribution is -0.0615. The molecule has 3 rings (SSSR count). The molecule has 0 aromatic carbocycles. The van der Waals surface area contributed by atoms with Crippen LogP contribution in [0.25, 0.3) is 0 Å². The number of hydrogen-bond donors (Lipinski definition) is 2. The molecule has 1 unspecified atom stereocenters. The highest BCUT2D eigenvalue weighted by Crippen LogP contribution is 2.24. The molecule has 1 amide bonds. The van der Waals surface area contributed by atoms with Crippen LogP contribution in [0.5, 0.6) is 0 Å². The fourth-order valence-electron chi connectivity index (χ4n) is 2.90. The van der Waals surface area contributed by atoms with E-state index in [2.05, 4.69) is 29.5 Å². The number of anilines is 1. The monoisotopic (exact) mass is 278 g/mol. The molecule has 1 fully saturated rings. The third-order valence-corrected chi connectivity index (χ3v) is 3.90. The van der Waals surface area contributed by atoms with Crippen LogP contribution >= 0.6 is 0 Å². The summed E-state index contributed by atoms with van der Waals surface area (Å²) in [6, 6.07) is 0.165. The Balaban J connectivity index is 1.65. The molecule has 2 N–H and O–H groups in total. The number of aromatic nitrogens is 2. The Kier molecular flexibility index (Phi) is 3.41. The number of imidazole rings is 1. The number of rotatable bonds is 2. The van der Waals surface area contributed by atoms with E-state index in [0.717, 1.165) is 38.3 Å². The molecule has 6 nitrogen and oxygen atoms in total. The van der Waals surface area contributed by atoms with Crippen molar-refractivity contribution in [3.63, 3.8) is 0 Å². The lowest BCUT2D eigenvalue weighted by Crippen LogP contribution is -2.45. The molecule has 6 heteroatoms. The molecule has 3 heterocycles. The third kappa shape index (κ3) is 2.80. The highest BCUT2D eigenvalue weighted by atomic mass is 16.5. The zero-order valence-corrected chi connectivity index (χ0v) is 12.1. The van der Waals surface area contributed by atoms with Gasteiger partial charge in [-0.05, 0) is 33.1 Å². The first-order chi connectivity index (χ1) is 9.53. The molecular weight excluding hydrogens is 256 g/mol. The van der Waals surface area contributed by atoms with Gasteiger partial charge in [-0.2, -0.15) is 0 Å². The van der Waals surface area contributed by atoms with Crippen LogP contribution in [-0.2, 0) is 11.3 Å². The number of amides is 1. The van der Waals surface area contributed by atoms with Gasteiger partial charge in [0.1, 0.15) is 5.69 Å². The summed E-state index contributed by atoms with van der Waals surface area (Å²) in [5, 5.41) is 6.28. The molecule has 1 aromatic rings. The Bertz CT molecular complexity index is 486. The number of nitrogens with one attached hydrogen (secondary N) is 2. The van der Waals surface area contributed by atoms with Crippen molar-refractivity contribution in [1.82, 2.24) is 14.9 Å². The Morgan fingerprint density at radius 1 is 1.60 bits per heavy atom. The smallest absolute Gasteiger partial charge is 0.271 e. The van der Waals surface area contributed by atoms with Gasteiger partial charge < -0.3 is 19.9 Å². The Morgan fingerprint density at radius 3 is 3.20 bits per heavy atom. The number of hydrogen-bond acceptors (Lipinski definition) is 4. The van der Waals surface area contributed by atoms with Crippen LogP contribution in [0.4, 0.5) is 5.95 Å². The van der Waals surface area contributed by atoms with Crippen molar-refractivity contribution in [2.45, 2.75) is 51.3 Å². The summed E-state index contributed by atoms with van der Waals surface area (Å²) in [7, 11) is 0. The predicted molar refractivity (Wildman–Crippen MR) is 75.9 cm³/mol. The summed E-state index contributed by atoms with van der Waals surface area (Å²) in [5.41, 5.74) is 0.337. The van der Waals surface area contributed by atoms with E-state index < -0.39 is 0 Å². The van der Waals surface area contributed by atoms with Gasteiger partial charge in [0.25, 0.3) is 5.91 Å². The van der Waals surface area contributed by atoms with Crippen molar-refractivity contribution in [2.24, 2.45) is 0 Å². The molecule has 1 aromatic heterocycles. The predicted octanol–water partition coefficient (Wildman–Crippen LogP) is 1.39. The molecule has 20 heavy (non-hydrogen) atoms. The minimum absolute atomic E-state index is 0.0867. The first-order valence-corrected chi connectivity index (χ1v) is 7.29. The summed E-state index contributed by atoms with van der Waals surface area (Å²) < 4.78 is 7.67. The van der Waals surface area contributed by atoms with Crippen molar-refractivity contribution in [3.8, 4) is 0 Å². The molecular formula is C14H22N4O2. The quantitative estimate of drug-likeness (QED) is 0.857. The first kappa shape index (κ1) is 13.4. The second-order valence-electron chi connectivity index (χ2n) is 6.19. The van der Waals surface area contributed by atoms with E-state index in [1.165, 1.54) is 0 Å². The fraction of sp³-hybridized carbons (Fsp3) is 0.714. The average Bonchev–Trinajstić information content (AvgIpc) is 2.81. The van der Waals surface area contributed by atoms with Crippen LogP contribution in [0.1, 0.15) is 43.6 Å². The van der Waals surface area contributed by atoms with Crippen LogP contribution in [0, 0.1) is 0 Å². The summed E-state index contributed by atoms with van der Waals surface area (Å²) in [6.07, 6.45) is 4.60. The molecule has 2 aliphatic rings. The van der Waals surface area contributed by atoms with E-state index in [1.807, 2.05) is 10.8 Å². The van der Waals surface area contributed by atoms with E-state index in [0.29, 0.717) is 12.3 Å². The highest BCUT2D eigenvalue weighted by molar-refractivity contribution is 5.92. The number of fused-ring (bicyclic) bond motifs is 1. The first-order valence-electron chi connectivity index (χ1n) is 7.29. The molecule has 2 aliphatic heterocycles. The minimum Gasteiger partial charge on any atom is -0.375 e.